The van der Waals surface area contributed by atoms with Crippen molar-refractivity contribution in [1.82, 2.24) is 9.80 Å². The first-order valence-electron chi connectivity index (χ1n) is 26.9. The van der Waals surface area contributed by atoms with Crippen LogP contribution in [0.5, 0.6) is 5.75 Å². The Hall–Kier alpha value is -7.38. The molecule has 0 unspecified atom stereocenters. The molecule has 2 aliphatic rings. The molecule has 376 valence electrons. The highest BCUT2D eigenvalue weighted by molar-refractivity contribution is 5.68. The van der Waals surface area contributed by atoms with Gasteiger partial charge in [-0.3, -0.25) is 9.80 Å². The lowest BCUT2D eigenvalue weighted by Gasteiger charge is -2.41. The van der Waals surface area contributed by atoms with Crippen LogP contribution in [0.3, 0.4) is 0 Å². The van der Waals surface area contributed by atoms with Crippen LogP contribution < -0.4 is 0 Å². The smallest absolute Gasteiger partial charge is 0.130 e. The lowest BCUT2D eigenvalue weighted by Crippen LogP contribution is -2.48. The molecule has 2 saturated heterocycles. The second kappa shape index (κ2) is 21.1. The summed E-state index contributed by atoms with van der Waals surface area (Å²) in [5.74, 6) is 0.283. The molecule has 0 aliphatic carbocycles. The fourth-order valence-corrected chi connectivity index (χ4v) is 12.1. The lowest BCUT2D eigenvalue weighted by atomic mass is 9.78. The van der Waals surface area contributed by atoms with Crippen molar-refractivity contribution >= 4 is 0 Å². The van der Waals surface area contributed by atoms with E-state index in [4.69, 9.17) is 0 Å². The molecule has 0 aromatic heterocycles. The largest absolute Gasteiger partial charge is 0.507 e. The highest BCUT2D eigenvalue weighted by Crippen LogP contribution is 2.46. The van der Waals surface area contributed by atoms with Gasteiger partial charge in [-0.05, 0) is 117 Å². The van der Waals surface area contributed by atoms with Crippen LogP contribution in [-0.4, -0.2) is 50.3 Å². The number of nitrogens with zero attached hydrogens (tertiary/aromatic N) is 2. The maximum absolute atomic E-state index is 13.6. The van der Waals surface area contributed by atoms with E-state index in [0.717, 1.165) is 122 Å². The molecule has 9 aromatic carbocycles. The Kier molecular flexibility index (Phi) is 14.0. The molecular formula is C70H68N2O3. The SMILES string of the molecule is CC(C)(C)c1cc(CN2CCC[C@H]2C(O)(c2ccc(-c3ccccc3)cc2)c2ccc(-c3ccccc3)cc2)c(O)c(CN2CCC[C@H]2C(O)(c2ccc(-c3ccccc3)cc2)c2ccc(-c3ccccc3)cc2)c1. The fraction of sp³-hybridized carbons (Fsp3) is 0.229. The summed E-state index contributed by atoms with van der Waals surface area (Å²) in [5, 5.41) is 40.0. The molecule has 11 rings (SSSR count). The van der Waals surface area contributed by atoms with Crippen LogP contribution in [0.25, 0.3) is 44.5 Å². The molecule has 0 saturated carbocycles. The number of phenols is 1. The average Bonchev–Trinajstić information content (AvgIpc) is 4.16. The zero-order valence-corrected chi connectivity index (χ0v) is 43.5. The molecule has 0 amide bonds. The number of likely N-dealkylation sites (tertiary alicyclic amines) is 2. The van der Waals surface area contributed by atoms with Gasteiger partial charge in [-0.25, -0.2) is 0 Å². The molecule has 2 fully saturated rings. The van der Waals surface area contributed by atoms with Gasteiger partial charge in [0, 0.05) is 36.3 Å². The van der Waals surface area contributed by atoms with E-state index in [2.05, 4.69) is 237 Å². The number of rotatable bonds is 14. The minimum atomic E-state index is -1.35. The molecule has 9 aromatic rings. The minimum Gasteiger partial charge on any atom is -0.507 e. The zero-order valence-electron chi connectivity index (χ0n) is 43.5. The van der Waals surface area contributed by atoms with E-state index in [-0.39, 0.29) is 23.2 Å². The highest BCUT2D eigenvalue weighted by Gasteiger charge is 2.47. The van der Waals surface area contributed by atoms with Gasteiger partial charge < -0.3 is 15.3 Å². The Morgan fingerprint density at radius 2 is 0.613 bits per heavy atom. The average molecular weight is 985 g/mol. The van der Waals surface area contributed by atoms with Crippen molar-refractivity contribution in [3.8, 4) is 50.3 Å². The van der Waals surface area contributed by atoms with Crippen molar-refractivity contribution in [1.29, 1.82) is 0 Å². The molecular weight excluding hydrogens is 917 g/mol. The molecule has 5 heteroatoms. The van der Waals surface area contributed by atoms with E-state index >= 15 is 0 Å². The summed E-state index contributed by atoms with van der Waals surface area (Å²) >= 11 is 0. The third-order valence-corrected chi connectivity index (χ3v) is 16.3. The van der Waals surface area contributed by atoms with E-state index in [1.54, 1.807) is 0 Å². The van der Waals surface area contributed by atoms with Gasteiger partial charge in [0.15, 0.2) is 0 Å². The Balaban J connectivity index is 0.941. The van der Waals surface area contributed by atoms with Crippen LogP contribution in [0.2, 0.25) is 0 Å². The summed E-state index contributed by atoms with van der Waals surface area (Å²) in [5.41, 5.74) is 12.2. The molecule has 2 atom stereocenters. The number of phenolic OH excluding ortho intramolecular Hbond substituents is 1. The number of hydrogen-bond acceptors (Lipinski definition) is 5. The van der Waals surface area contributed by atoms with Crippen LogP contribution in [0.15, 0.2) is 231 Å². The van der Waals surface area contributed by atoms with E-state index < -0.39 is 11.2 Å². The van der Waals surface area contributed by atoms with Crippen molar-refractivity contribution < 1.29 is 15.3 Å². The molecule has 2 aliphatic heterocycles. The van der Waals surface area contributed by atoms with E-state index in [0.29, 0.717) is 13.1 Å². The van der Waals surface area contributed by atoms with Crippen molar-refractivity contribution in [3.05, 3.63) is 269 Å². The number of aromatic hydroxyl groups is 1. The van der Waals surface area contributed by atoms with Crippen LogP contribution in [0.4, 0.5) is 0 Å². The standard InChI is InChI=1S/C70H68N2O3/c1-68(2,3)64-46-58(48-71-44-16-26-65(71)69(74,60-36-28-54(29-37-60)50-18-8-4-9-19-50)61-38-30-55(31-39-61)51-20-10-5-11-21-51)67(73)59(47-64)49-72-45-17-27-66(72)70(75,62-40-32-56(33-41-62)52-22-12-6-13-23-52)63-42-34-57(35-43-63)53-24-14-7-15-25-53/h4-15,18-25,28-43,46-47,65-66,73-75H,16-17,26-27,44-45,48-49H2,1-3H3/t65-,66-/m0/s1. The van der Waals surface area contributed by atoms with Gasteiger partial charge in [-0.15, -0.1) is 0 Å². The van der Waals surface area contributed by atoms with Crippen LogP contribution in [0.1, 0.15) is 85.4 Å². The Morgan fingerprint density at radius 3 is 0.867 bits per heavy atom. The predicted octanol–water partition coefficient (Wildman–Crippen LogP) is 15.2. The van der Waals surface area contributed by atoms with Gasteiger partial charge in [0.05, 0.1) is 0 Å². The molecule has 5 nitrogen and oxygen atoms in total. The zero-order chi connectivity index (χ0) is 51.6. The highest BCUT2D eigenvalue weighted by atomic mass is 16.3. The number of aliphatic hydroxyl groups is 2. The summed E-state index contributed by atoms with van der Waals surface area (Å²) in [4.78, 5) is 4.80. The van der Waals surface area contributed by atoms with Gasteiger partial charge in [0.1, 0.15) is 17.0 Å². The monoisotopic (exact) mass is 985 g/mol. The lowest BCUT2D eigenvalue weighted by molar-refractivity contribution is -0.00734. The van der Waals surface area contributed by atoms with Gasteiger partial charge in [0.2, 0.25) is 0 Å². The molecule has 0 bridgehead atoms. The molecule has 3 N–H and O–H groups in total. The number of benzene rings is 9. The topological polar surface area (TPSA) is 67.2 Å². The van der Waals surface area contributed by atoms with Crippen LogP contribution in [-0.2, 0) is 29.7 Å². The molecule has 0 radical (unpaired) electrons. The maximum atomic E-state index is 13.6. The van der Waals surface area contributed by atoms with E-state index in [1.807, 2.05) is 24.3 Å². The molecule has 2 heterocycles. The third kappa shape index (κ3) is 10.0. The normalized spacial score (nSPS) is 16.6. The summed E-state index contributed by atoms with van der Waals surface area (Å²) < 4.78 is 0. The molecule has 75 heavy (non-hydrogen) atoms. The summed E-state index contributed by atoms with van der Waals surface area (Å²) in [7, 11) is 0. The van der Waals surface area contributed by atoms with Crippen molar-refractivity contribution in [2.45, 2.75) is 88.2 Å². The van der Waals surface area contributed by atoms with Gasteiger partial charge in [0.25, 0.3) is 0 Å². The van der Waals surface area contributed by atoms with Gasteiger partial charge >= 0.3 is 0 Å². The Bertz CT molecular complexity index is 2930. The summed E-state index contributed by atoms with van der Waals surface area (Å²) in [6.45, 7) is 9.19. The van der Waals surface area contributed by atoms with Crippen LogP contribution >= 0.6 is 0 Å². The second-order valence-corrected chi connectivity index (χ2v) is 22.0. The third-order valence-electron chi connectivity index (χ3n) is 16.3. The van der Waals surface area contributed by atoms with Gasteiger partial charge in [-0.1, -0.05) is 251 Å². The molecule has 0 spiro atoms. The summed E-state index contributed by atoms with van der Waals surface area (Å²) in [6.07, 6.45) is 3.40. The minimum absolute atomic E-state index is 0.213. The first kappa shape index (κ1) is 49.8. The van der Waals surface area contributed by atoms with Gasteiger partial charge in [-0.2, -0.15) is 0 Å². The fourth-order valence-electron chi connectivity index (χ4n) is 12.1. The maximum Gasteiger partial charge on any atom is 0.130 e. The van der Waals surface area contributed by atoms with Crippen molar-refractivity contribution in [2.75, 3.05) is 13.1 Å². The first-order valence-corrected chi connectivity index (χ1v) is 26.9. The van der Waals surface area contributed by atoms with Crippen molar-refractivity contribution in [2.24, 2.45) is 0 Å². The number of hydrogen-bond donors (Lipinski definition) is 3. The van der Waals surface area contributed by atoms with Crippen molar-refractivity contribution in [3.63, 3.8) is 0 Å². The first-order chi connectivity index (χ1) is 36.5. The quantitative estimate of drug-likeness (QED) is 0.101. The Morgan fingerprint density at radius 1 is 0.360 bits per heavy atom. The van der Waals surface area contributed by atoms with Crippen LogP contribution in [0, 0.1) is 0 Å². The summed E-state index contributed by atoms with van der Waals surface area (Å²) in [6, 6.07) is 79.2. The van der Waals surface area contributed by atoms with E-state index in [1.165, 1.54) is 0 Å². The van der Waals surface area contributed by atoms with E-state index in [9.17, 15) is 15.3 Å². The Labute approximate surface area is 444 Å². The predicted molar refractivity (Wildman–Crippen MR) is 307 cm³/mol. The second-order valence-electron chi connectivity index (χ2n) is 22.0.